The second-order valence-electron chi connectivity index (χ2n) is 4.09. The number of carbonyl (C=O) groups is 2. The number of aromatic nitrogens is 2. The van der Waals surface area contributed by atoms with Crippen molar-refractivity contribution in [3.8, 4) is 0 Å². The maximum Gasteiger partial charge on any atom is 0.303 e. The van der Waals surface area contributed by atoms with Crippen molar-refractivity contribution in [3.63, 3.8) is 0 Å². The van der Waals surface area contributed by atoms with Gasteiger partial charge in [-0.3, -0.25) is 19.9 Å². The summed E-state index contributed by atoms with van der Waals surface area (Å²) >= 11 is 1.32. The van der Waals surface area contributed by atoms with Gasteiger partial charge in [-0.1, -0.05) is 0 Å². The maximum atomic E-state index is 11.9. The predicted molar refractivity (Wildman–Crippen MR) is 74.9 cm³/mol. The summed E-state index contributed by atoms with van der Waals surface area (Å²) in [5.74, 6) is -1.07. The van der Waals surface area contributed by atoms with Crippen molar-refractivity contribution in [2.75, 3.05) is 5.32 Å². The summed E-state index contributed by atoms with van der Waals surface area (Å²) < 4.78 is 0. The van der Waals surface area contributed by atoms with E-state index in [-0.39, 0.29) is 12.3 Å². The van der Waals surface area contributed by atoms with Gasteiger partial charge in [-0.15, -0.1) is 11.3 Å². The zero-order chi connectivity index (χ0) is 14.4. The van der Waals surface area contributed by atoms with E-state index >= 15 is 0 Å². The average molecular weight is 291 g/mol. The van der Waals surface area contributed by atoms with Crippen molar-refractivity contribution < 1.29 is 14.7 Å². The predicted octanol–water partition coefficient (Wildman–Crippen LogP) is 2.20. The van der Waals surface area contributed by atoms with Gasteiger partial charge in [0.2, 0.25) is 0 Å². The Hall–Kier alpha value is -2.28. The molecule has 0 saturated heterocycles. The van der Waals surface area contributed by atoms with Gasteiger partial charge in [0.05, 0.1) is 11.3 Å². The van der Waals surface area contributed by atoms with Crippen LogP contribution in [0.4, 0.5) is 5.13 Å². The van der Waals surface area contributed by atoms with Gasteiger partial charge in [-0.25, -0.2) is 4.98 Å². The topological polar surface area (TPSA) is 92.2 Å². The number of aliphatic carboxylic acids is 1. The molecule has 2 heterocycles. The van der Waals surface area contributed by atoms with Crippen LogP contribution in [0, 0.1) is 0 Å². The molecule has 20 heavy (non-hydrogen) atoms. The molecule has 0 unspecified atom stereocenters. The lowest BCUT2D eigenvalue weighted by molar-refractivity contribution is -0.137. The van der Waals surface area contributed by atoms with Crippen LogP contribution in [0.15, 0.2) is 29.9 Å². The number of carboxylic acids is 1. The van der Waals surface area contributed by atoms with Crippen LogP contribution in [-0.2, 0) is 11.2 Å². The quantitative estimate of drug-likeness (QED) is 0.851. The average Bonchev–Trinajstić information content (AvgIpc) is 2.87. The van der Waals surface area contributed by atoms with E-state index < -0.39 is 5.97 Å². The summed E-state index contributed by atoms with van der Waals surface area (Å²) in [5, 5.41) is 13.6. The van der Waals surface area contributed by atoms with Gasteiger partial charge in [0.1, 0.15) is 0 Å². The standard InChI is InChI=1S/C13H13N3O3S/c17-11(18)5-1-4-10-8-20-13(15-10)16-12(19)9-3-2-6-14-7-9/h2-3,6-8H,1,4-5H2,(H,17,18)(H,15,16,19). The van der Waals surface area contributed by atoms with Gasteiger partial charge < -0.3 is 5.11 Å². The second kappa shape index (κ2) is 6.76. The molecular formula is C13H13N3O3S. The summed E-state index contributed by atoms with van der Waals surface area (Å²) in [4.78, 5) is 30.4. The number of thiazole rings is 1. The fourth-order valence-corrected chi connectivity index (χ4v) is 2.31. The molecule has 6 nitrogen and oxygen atoms in total. The molecule has 0 aliphatic rings. The Labute approximate surface area is 119 Å². The number of rotatable bonds is 6. The highest BCUT2D eigenvalue weighted by molar-refractivity contribution is 7.13. The molecule has 2 rings (SSSR count). The van der Waals surface area contributed by atoms with Gasteiger partial charge in [-0.2, -0.15) is 0 Å². The summed E-state index contributed by atoms with van der Waals surface area (Å²) in [7, 11) is 0. The fourth-order valence-electron chi connectivity index (χ4n) is 1.57. The molecule has 7 heteroatoms. The number of carbonyl (C=O) groups excluding carboxylic acids is 1. The lowest BCUT2D eigenvalue weighted by atomic mass is 10.2. The molecule has 2 N–H and O–H groups in total. The van der Waals surface area contributed by atoms with Crippen molar-refractivity contribution in [3.05, 3.63) is 41.2 Å². The first kappa shape index (κ1) is 14.1. The number of nitrogens with zero attached hydrogens (tertiary/aromatic N) is 2. The summed E-state index contributed by atoms with van der Waals surface area (Å²) in [6, 6.07) is 3.36. The Morgan fingerprint density at radius 1 is 1.40 bits per heavy atom. The molecule has 0 fully saturated rings. The van der Waals surface area contributed by atoms with E-state index in [0.717, 1.165) is 5.69 Å². The molecule has 0 aliphatic carbocycles. The first-order valence-corrected chi connectivity index (χ1v) is 6.90. The fraction of sp³-hybridized carbons (Fsp3) is 0.231. The van der Waals surface area contributed by atoms with Gasteiger partial charge >= 0.3 is 5.97 Å². The summed E-state index contributed by atoms with van der Waals surface area (Å²) in [6.07, 6.45) is 4.33. The molecule has 0 atom stereocenters. The van der Waals surface area contributed by atoms with Crippen LogP contribution in [0.1, 0.15) is 28.9 Å². The second-order valence-corrected chi connectivity index (χ2v) is 4.95. The third-order valence-corrected chi connectivity index (χ3v) is 3.33. The lowest BCUT2D eigenvalue weighted by Gasteiger charge is -2.00. The Kier molecular flexibility index (Phi) is 4.78. The van der Waals surface area contributed by atoms with Crippen molar-refractivity contribution >= 4 is 28.3 Å². The van der Waals surface area contributed by atoms with E-state index in [0.29, 0.717) is 23.5 Å². The molecule has 0 spiro atoms. The zero-order valence-corrected chi connectivity index (χ0v) is 11.4. The summed E-state index contributed by atoms with van der Waals surface area (Å²) in [6.45, 7) is 0. The van der Waals surface area contributed by atoms with E-state index in [1.165, 1.54) is 17.5 Å². The number of carboxylic acid groups (broad SMARTS) is 1. The SMILES string of the molecule is O=C(O)CCCc1csc(NC(=O)c2cccnc2)n1. The molecule has 1 amide bonds. The normalized spacial score (nSPS) is 10.2. The molecule has 2 aromatic heterocycles. The van der Waals surface area contributed by atoms with Gasteiger partial charge in [0, 0.05) is 24.2 Å². The molecule has 2 aromatic rings. The number of aryl methyl sites for hydroxylation is 1. The first-order valence-electron chi connectivity index (χ1n) is 6.03. The summed E-state index contributed by atoms with van der Waals surface area (Å²) in [5.41, 5.74) is 1.26. The Bertz CT molecular complexity index is 598. The third-order valence-electron chi connectivity index (χ3n) is 2.52. The maximum absolute atomic E-state index is 11.9. The smallest absolute Gasteiger partial charge is 0.303 e. The molecule has 0 saturated carbocycles. The molecule has 0 aliphatic heterocycles. The van der Waals surface area contributed by atoms with E-state index in [4.69, 9.17) is 5.11 Å². The largest absolute Gasteiger partial charge is 0.481 e. The number of nitrogens with one attached hydrogen (secondary N) is 1. The zero-order valence-electron chi connectivity index (χ0n) is 10.6. The minimum absolute atomic E-state index is 0.120. The van der Waals surface area contributed by atoms with Crippen molar-refractivity contribution in [2.24, 2.45) is 0 Å². The number of hydrogen-bond acceptors (Lipinski definition) is 5. The highest BCUT2D eigenvalue weighted by Crippen LogP contribution is 2.17. The third kappa shape index (κ3) is 4.13. The van der Waals surface area contributed by atoms with E-state index in [1.54, 1.807) is 18.3 Å². The van der Waals surface area contributed by atoms with Gasteiger partial charge in [0.15, 0.2) is 5.13 Å². The van der Waals surface area contributed by atoms with E-state index in [1.807, 2.05) is 5.38 Å². The van der Waals surface area contributed by atoms with Crippen LogP contribution in [0.3, 0.4) is 0 Å². The van der Waals surface area contributed by atoms with Gasteiger partial charge in [0.25, 0.3) is 5.91 Å². The molecule has 104 valence electrons. The Balaban J connectivity index is 1.89. The van der Waals surface area contributed by atoms with Crippen LogP contribution < -0.4 is 5.32 Å². The number of anilines is 1. The van der Waals surface area contributed by atoms with Crippen LogP contribution in [0.2, 0.25) is 0 Å². The lowest BCUT2D eigenvalue weighted by Crippen LogP contribution is -2.11. The highest BCUT2D eigenvalue weighted by atomic mass is 32.1. The van der Waals surface area contributed by atoms with Crippen LogP contribution >= 0.6 is 11.3 Å². The van der Waals surface area contributed by atoms with Crippen LogP contribution in [-0.4, -0.2) is 27.0 Å². The molecule has 0 radical (unpaired) electrons. The van der Waals surface area contributed by atoms with Crippen molar-refractivity contribution in [2.45, 2.75) is 19.3 Å². The Morgan fingerprint density at radius 2 is 2.25 bits per heavy atom. The monoisotopic (exact) mass is 291 g/mol. The highest BCUT2D eigenvalue weighted by Gasteiger charge is 2.09. The molecule has 0 aromatic carbocycles. The van der Waals surface area contributed by atoms with E-state index in [2.05, 4.69) is 15.3 Å². The van der Waals surface area contributed by atoms with Crippen LogP contribution in [0.5, 0.6) is 0 Å². The van der Waals surface area contributed by atoms with Crippen molar-refractivity contribution in [1.29, 1.82) is 0 Å². The number of hydrogen-bond donors (Lipinski definition) is 2. The van der Waals surface area contributed by atoms with Crippen LogP contribution in [0.25, 0.3) is 0 Å². The van der Waals surface area contributed by atoms with Crippen molar-refractivity contribution in [1.82, 2.24) is 9.97 Å². The first-order chi connectivity index (χ1) is 9.65. The minimum atomic E-state index is -0.815. The van der Waals surface area contributed by atoms with Gasteiger partial charge in [-0.05, 0) is 25.0 Å². The number of pyridine rings is 1. The minimum Gasteiger partial charge on any atom is -0.481 e. The number of amides is 1. The van der Waals surface area contributed by atoms with E-state index in [9.17, 15) is 9.59 Å². The Morgan fingerprint density at radius 3 is 2.95 bits per heavy atom. The molecule has 0 bridgehead atoms. The molecular weight excluding hydrogens is 278 g/mol.